The third kappa shape index (κ3) is 4.65. The molecule has 1 aromatic heterocycles. The summed E-state index contributed by atoms with van der Waals surface area (Å²) in [4.78, 5) is 35.2. The number of aromatic nitrogens is 2. The topological polar surface area (TPSA) is 99.0 Å². The highest BCUT2D eigenvalue weighted by Crippen LogP contribution is 2.29. The van der Waals surface area contributed by atoms with Crippen molar-refractivity contribution in [2.75, 3.05) is 18.4 Å². The quantitative estimate of drug-likeness (QED) is 0.683. The van der Waals surface area contributed by atoms with E-state index < -0.39 is 0 Å². The second-order valence-corrected chi connectivity index (χ2v) is 7.91. The Labute approximate surface area is 186 Å². The van der Waals surface area contributed by atoms with Gasteiger partial charge in [-0.3, -0.25) is 9.59 Å². The summed E-state index contributed by atoms with van der Waals surface area (Å²) in [5.41, 5.74) is 4.23. The number of nitriles is 1. The molecule has 0 atom stereocenters. The molecule has 4 rings (SSSR count). The molecule has 2 heterocycles. The summed E-state index contributed by atoms with van der Waals surface area (Å²) in [6, 6.07) is 15.2. The van der Waals surface area contributed by atoms with Gasteiger partial charge in [0.1, 0.15) is 6.33 Å². The number of benzene rings is 2. The van der Waals surface area contributed by atoms with Gasteiger partial charge in [-0.25, -0.2) is 9.97 Å². The molecule has 0 aliphatic carbocycles. The van der Waals surface area contributed by atoms with Gasteiger partial charge >= 0.3 is 0 Å². The molecule has 2 aromatic carbocycles. The molecule has 2 amide bonds. The van der Waals surface area contributed by atoms with Crippen LogP contribution in [0.4, 0.5) is 5.69 Å². The Morgan fingerprint density at radius 3 is 2.38 bits per heavy atom. The maximum atomic E-state index is 13.1. The second kappa shape index (κ2) is 9.40. The van der Waals surface area contributed by atoms with Gasteiger partial charge in [0.2, 0.25) is 0 Å². The number of hydrogen-bond acceptors (Lipinski definition) is 5. The van der Waals surface area contributed by atoms with Crippen LogP contribution in [0.1, 0.15) is 56.2 Å². The minimum Gasteiger partial charge on any atom is -0.339 e. The third-order valence-electron chi connectivity index (χ3n) is 5.85. The van der Waals surface area contributed by atoms with Gasteiger partial charge in [-0.2, -0.15) is 5.26 Å². The lowest BCUT2D eigenvalue weighted by Gasteiger charge is -2.32. The van der Waals surface area contributed by atoms with Crippen LogP contribution < -0.4 is 5.32 Å². The molecule has 0 radical (unpaired) electrons. The predicted octanol–water partition coefficient (Wildman–Crippen LogP) is 3.93. The number of hydrogen-bond donors (Lipinski definition) is 1. The van der Waals surface area contributed by atoms with E-state index in [9.17, 15) is 9.59 Å². The number of anilines is 1. The Kier molecular flexibility index (Phi) is 6.22. The van der Waals surface area contributed by atoms with Crippen LogP contribution >= 0.6 is 0 Å². The Hall–Kier alpha value is -4.05. The smallest absolute Gasteiger partial charge is 0.258 e. The molecule has 1 aliphatic rings. The number of nitrogens with one attached hydrogen (secondary N) is 1. The monoisotopic (exact) mass is 425 g/mol. The minimum atomic E-state index is -0.318. The van der Waals surface area contributed by atoms with Gasteiger partial charge in [0.15, 0.2) is 0 Å². The lowest BCUT2D eigenvalue weighted by atomic mass is 9.89. The highest BCUT2D eigenvalue weighted by Gasteiger charge is 2.25. The van der Waals surface area contributed by atoms with Crippen molar-refractivity contribution in [2.24, 2.45) is 0 Å². The molecule has 1 fully saturated rings. The van der Waals surface area contributed by atoms with Gasteiger partial charge in [0, 0.05) is 36.7 Å². The van der Waals surface area contributed by atoms with Gasteiger partial charge in [0.25, 0.3) is 11.8 Å². The van der Waals surface area contributed by atoms with Crippen LogP contribution in [0.5, 0.6) is 0 Å². The van der Waals surface area contributed by atoms with E-state index in [4.69, 9.17) is 5.26 Å². The van der Waals surface area contributed by atoms with Crippen molar-refractivity contribution in [1.82, 2.24) is 14.9 Å². The van der Waals surface area contributed by atoms with E-state index in [1.165, 1.54) is 24.3 Å². The Bertz CT molecular complexity index is 1160. The highest BCUT2D eigenvalue weighted by atomic mass is 16.2. The lowest BCUT2D eigenvalue weighted by Crippen LogP contribution is -2.38. The fraction of sp³-hybridized carbons (Fsp3) is 0.240. The zero-order chi connectivity index (χ0) is 22.5. The first-order valence-corrected chi connectivity index (χ1v) is 10.5. The summed E-state index contributed by atoms with van der Waals surface area (Å²) in [6.45, 7) is 3.22. The van der Waals surface area contributed by atoms with Crippen LogP contribution in [0, 0.1) is 18.3 Å². The molecular weight excluding hydrogens is 402 g/mol. The number of nitrogens with zero attached hydrogens (tertiary/aromatic N) is 4. The van der Waals surface area contributed by atoms with Crippen LogP contribution in [0.3, 0.4) is 0 Å². The number of rotatable bonds is 4. The SMILES string of the molecule is Cc1ccc(C(=O)N2CCC(c3ccc(C#N)cc3)CC2)cc1NC(=O)c1cncnc1. The number of carbonyl (C=O) groups is 2. The number of aryl methyl sites for hydroxylation is 1. The predicted molar refractivity (Wildman–Crippen MR) is 120 cm³/mol. The van der Waals surface area contributed by atoms with E-state index in [0.717, 1.165) is 18.4 Å². The Morgan fingerprint density at radius 1 is 1.03 bits per heavy atom. The van der Waals surface area contributed by atoms with Crippen LogP contribution in [0.25, 0.3) is 0 Å². The Morgan fingerprint density at radius 2 is 1.72 bits per heavy atom. The van der Waals surface area contributed by atoms with Crippen molar-refractivity contribution < 1.29 is 9.59 Å². The van der Waals surface area contributed by atoms with E-state index >= 15 is 0 Å². The van der Waals surface area contributed by atoms with Crippen LogP contribution in [0.15, 0.2) is 61.2 Å². The van der Waals surface area contributed by atoms with E-state index in [1.807, 2.05) is 42.2 Å². The second-order valence-electron chi connectivity index (χ2n) is 7.91. The lowest BCUT2D eigenvalue weighted by molar-refractivity contribution is 0.0712. The van der Waals surface area contributed by atoms with Crippen molar-refractivity contribution in [1.29, 1.82) is 5.26 Å². The van der Waals surface area contributed by atoms with Crippen LogP contribution in [-0.2, 0) is 0 Å². The summed E-state index contributed by atoms with van der Waals surface area (Å²) in [7, 11) is 0. The summed E-state index contributed by atoms with van der Waals surface area (Å²) in [5.74, 6) is 0.0242. The molecule has 1 aliphatic heterocycles. The molecule has 0 saturated carbocycles. The molecule has 0 bridgehead atoms. The Balaban J connectivity index is 1.42. The average molecular weight is 425 g/mol. The van der Waals surface area contributed by atoms with E-state index in [-0.39, 0.29) is 11.8 Å². The van der Waals surface area contributed by atoms with E-state index in [0.29, 0.717) is 41.4 Å². The molecule has 1 saturated heterocycles. The van der Waals surface area contributed by atoms with Gasteiger partial charge in [-0.1, -0.05) is 18.2 Å². The molecule has 1 N–H and O–H groups in total. The van der Waals surface area contributed by atoms with Crippen molar-refractivity contribution in [3.05, 3.63) is 89.0 Å². The zero-order valence-electron chi connectivity index (χ0n) is 17.8. The fourth-order valence-corrected chi connectivity index (χ4v) is 3.93. The van der Waals surface area contributed by atoms with Gasteiger partial charge in [-0.15, -0.1) is 0 Å². The first-order chi connectivity index (χ1) is 15.5. The van der Waals surface area contributed by atoms with E-state index in [1.54, 1.807) is 12.1 Å². The maximum Gasteiger partial charge on any atom is 0.258 e. The largest absolute Gasteiger partial charge is 0.339 e. The molecule has 7 nitrogen and oxygen atoms in total. The third-order valence-corrected chi connectivity index (χ3v) is 5.85. The molecule has 160 valence electrons. The van der Waals surface area contributed by atoms with E-state index in [2.05, 4.69) is 21.4 Å². The standard InChI is InChI=1S/C25H23N5O2/c1-17-2-5-21(12-23(17)29-24(31)22-14-27-16-28-15-22)25(32)30-10-8-20(9-11-30)19-6-3-18(13-26)4-7-19/h2-7,12,14-16,20H,8-11H2,1H3,(H,29,31). The molecular formula is C25H23N5O2. The maximum absolute atomic E-state index is 13.1. The first-order valence-electron chi connectivity index (χ1n) is 10.5. The summed E-state index contributed by atoms with van der Waals surface area (Å²) >= 11 is 0. The number of amides is 2. The summed E-state index contributed by atoms with van der Waals surface area (Å²) in [6.07, 6.45) is 6.02. The van der Waals surface area contributed by atoms with Crippen molar-refractivity contribution in [3.63, 3.8) is 0 Å². The summed E-state index contributed by atoms with van der Waals surface area (Å²) in [5, 5.41) is 11.8. The van der Waals surface area contributed by atoms with Crippen molar-refractivity contribution in [2.45, 2.75) is 25.7 Å². The molecule has 3 aromatic rings. The van der Waals surface area contributed by atoms with Crippen molar-refractivity contribution in [3.8, 4) is 6.07 Å². The summed E-state index contributed by atoms with van der Waals surface area (Å²) < 4.78 is 0. The fourth-order valence-electron chi connectivity index (χ4n) is 3.93. The van der Waals surface area contributed by atoms with Gasteiger partial charge < -0.3 is 10.2 Å². The van der Waals surface area contributed by atoms with Crippen LogP contribution in [-0.4, -0.2) is 39.8 Å². The van der Waals surface area contributed by atoms with Crippen molar-refractivity contribution >= 4 is 17.5 Å². The number of likely N-dealkylation sites (tertiary alicyclic amines) is 1. The average Bonchev–Trinajstić information content (AvgIpc) is 2.85. The number of piperidine rings is 1. The minimum absolute atomic E-state index is 0.0400. The van der Waals surface area contributed by atoms with Gasteiger partial charge in [-0.05, 0) is 61.1 Å². The first kappa shape index (κ1) is 21.2. The zero-order valence-corrected chi connectivity index (χ0v) is 17.8. The normalized spacial score (nSPS) is 13.9. The highest BCUT2D eigenvalue weighted by molar-refractivity contribution is 6.05. The molecule has 32 heavy (non-hydrogen) atoms. The van der Waals surface area contributed by atoms with Crippen LogP contribution in [0.2, 0.25) is 0 Å². The molecule has 0 spiro atoms. The molecule has 0 unspecified atom stereocenters. The molecule has 7 heteroatoms. The van der Waals surface area contributed by atoms with Gasteiger partial charge in [0.05, 0.1) is 17.2 Å². The number of carbonyl (C=O) groups excluding carboxylic acids is 2.